The van der Waals surface area contributed by atoms with Gasteiger partial charge in [0.2, 0.25) is 0 Å². The molecule has 0 atom stereocenters. The van der Waals surface area contributed by atoms with Gasteiger partial charge in [-0.1, -0.05) is 164 Å². The van der Waals surface area contributed by atoms with Crippen molar-refractivity contribution in [3.05, 3.63) is 242 Å². The summed E-state index contributed by atoms with van der Waals surface area (Å²) in [6, 6.07) is 83.7. The maximum absolute atomic E-state index is 14.0. The normalized spacial score (nSPS) is 11.5. The Kier molecular flexibility index (Phi) is 9.09. The van der Waals surface area contributed by atoms with Crippen molar-refractivity contribution in [2.75, 3.05) is 4.90 Å². The van der Waals surface area contributed by atoms with E-state index >= 15 is 0 Å². The predicted octanol–water partition coefficient (Wildman–Crippen LogP) is 11.4. The lowest BCUT2D eigenvalue weighted by Gasteiger charge is -2.34. The van der Waals surface area contributed by atoms with Crippen molar-refractivity contribution in [3.8, 4) is 16.8 Å². The van der Waals surface area contributed by atoms with E-state index in [-0.39, 0.29) is 5.82 Å². The number of halogens is 1. The molecule has 9 aromatic carbocycles. The fourth-order valence-corrected chi connectivity index (χ4v) is 13.5. The first-order valence-corrected chi connectivity index (χ1v) is 21.7. The van der Waals surface area contributed by atoms with Crippen LogP contribution in [0, 0.1) is 5.82 Å². The zero-order valence-electron chi connectivity index (χ0n) is 31.8. The monoisotopic (exact) mass is 762 g/mol. The third-order valence-corrected chi connectivity index (χ3v) is 16.2. The van der Waals surface area contributed by atoms with Crippen LogP contribution in [0.4, 0.5) is 21.5 Å². The van der Waals surface area contributed by atoms with E-state index in [2.05, 4.69) is 222 Å². The van der Waals surface area contributed by atoms with E-state index in [1.54, 1.807) is 0 Å². The Morgan fingerprint density at radius 1 is 0.345 bits per heavy atom. The molecule has 0 bridgehead atoms. The largest absolute Gasteiger partial charge is 0.310 e. The Balaban J connectivity index is 1.05. The van der Waals surface area contributed by atoms with Gasteiger partial charge in [-0.15, -0.1) is 0 Å². The third kappa shape index (κ3) is 6.11. The number of hydrogen-bond donors (Lipinski definition) is 0. The minimum atomic E-state index is -2.60. The van der Waals surface area contributed by atoms with Crippen LogP contribution < -0.4 is 25.6 Å². The molecule has 58 heavy (non-hydrogen) atoms. The summed E-state index contributed by atoms with van der Waals surface area (Å²) in [6.07, 6.45) is 0. The fourth-order valence-electron chi connectivity index (χ4n) is 8.77. The number of fused-ring (bicyclic) bond motifs is 3. The first kappa shape index (κ1) is 35.2. The summed E-state index contributed by atoms with van der Waals surface area (Å²) in [6.45, 7) is 0. The van der Waals surface area contributed by atoms with Gasteiger partial charge < -0.3 is 9.47 Å². The van der Waals surface area contributed by atoms with Crippen molar-refractivity contribution >= 4 is 67.7 Å². The van der Waals surface area contributed by atoms with Gasteiger partial charge in [0.05, 0.1) is 11.0 Å². The van der Waals surface area contributed by atoms with Gasteiger partial charge in [0, 0.05) is 33.5 Å². The number of aromatic nitrogens is 1. The summed E-state index contributed by atoms with van der Waals surface area (Å²) in [5.74, 6) is -0.244. The fraction of sp³-hybridized carbons (Fsp3) is 0. The summed E-state index contributed by atoms with van der Waals surface area (Å²) < 4.78 is 16.2. The number of anilines is 3. The Bertz CT molecular complexity index is 2870. The molecule has 0 spiro atoms. The first-order valence-electron chi connectivity index (χ1n) is 19.7. The molecule has 0 saturated heterocycles. The topological polar surface area (TPSA) is 8.17 Å². The number of nitrogens with zero attached hydrogens (tertiary/aromatic N) is 2. The molecule has 0 saturated carbocycles. The maximum atomic E-state index is 14.0. The highest BCUT2D eigenvalue weighted by molar-refractivity contribution is 7.19. The highest BCUT2D eigenvalue weighted by Gasteiger charge is 2.41. The molecule has 276 valence electrons. The molecule has 0 aliphatic heterocycles. The summed E-state index contributed by atoms with van der Waals surface area (Å²) in [7, 11) is -2.60. The van der Waals surface area contributed by atoms with Crippen molar-refractivity contribution in [1.29, 1.82) is 0 Å². The zero-order chi connectivity index (χ0) is 38.9. The van der Waals surface area contributed by atoms with E-state index in [0.717, 1.165) is 50.1 Å². The van der Waals surface area contributed by atoms with E-state index in [4.69, 9.17) is 0 Å². The van der Waals surface area contributed by atoms with Crippen LogP contribution in [0.5, 0.6) is 0 Å². The second kappa shape index (κ2) is 15.0. The average Bonchev–Trinajstić information content (AvgIpc) is 3.63. The van der Waals surface area contributed by atoms with Gasteiger partial charge in [-0.3, -0.25) is 0 Å². The Hall–Kier alpha value is -7.27. The van der Waals surface area contributed by atoms with E-state index in [0.29, 0.717) is 0 Å². The summed E-state index contributed by atoms with van der Waals surface area (Å²) in [5, 5.41) is 7.73. The van der Waals surface area contributed by atoms with Gasteiger partial charge in [0.1, 0.15) is 5.82 Å². The molecular weight excluding hydrogens is 724 g/mol. The van der Waals surface area contributed by atoms with Crippen molar-refractivity contribution in [2.24, 2.45) is 0 Å². The lowest BCUT2D eigenvalue weighted by Crippen LogP contribution is -2.74. The van der Waals surface area contributed by atoms with Crippen molar-refractivity contribution in [2.45, 2.75) is 0 Å². The Labute approximate surface area is 339 Å². The van der Waals surface area contributed by atoms with Gasteiger partial charge >= 0.3 is 0 Å². The number of hydrogen-bond acceptors (Lipinski definition) is 1. The molecule has 2 nitrogen and oxygen atoms in total. The van der Waals surface area contributed by atoms with Crippen LogP contribution in [-0.2, 0) is 0 Å². The standard InChI is InChI=1S/C54H39FN2Si/c55-42-29-33-45(34-30-42)57-53-24-14-13-23-51(53)52-39-46(35-38-54(52)57)56(43-15-5-1-6-16-43)44-31-25-40(26-32-44)41-27-36-50(37-28-41)58(47-17-7-2-8-18-47,48-19-9-3-10-20-48)49-21-11-4-12-22-49/h1-39H. The second-order valence-electron chi connectivity index (χ2n) is 14.7. The highest BCUT2D eigenvalue weighted by Crippen LogP contribution is 2.40. The molecule has 10 rings (SSSR count). The molecule has 0 radical (unpaired) electrons. The smallest absolute Gasteiger partial charge is 0.179 e. The van der Waals surface area contributed by atoms with E-state index in [1.165, 1.54) is 38.4 Å². The molecule has 0 unspecified atom stereocenters. The second-order valence-corrected chi connectivity index (χ2v) is 18.5. The summed E-state index contributed by atoms with van der Waals surface area (Å²) in [4.78, 5) is 2.32. The van der Waals surface area contributed by atoms with Crippen LogP contribution in [-0.4, -0.2) is 12.6 Å². The minimum absolute atomic E-state index is 0.244. The van der Waals surface area contributed by atoms with Crippen LogP contribution >= 0.6 is 0 Å². The molecule has 1 aromatic heterocycles. The van der Waals surface area contributed by atoms with E-state index < -0.39 is 8.07 Å². The van der Waals surface area contributed by atoms with E-state index in [9.17, 15) is 4.39 Å². The quantitative estimate of drug-likeness (QED) is 0.105. The number of benzene rings is 9. The Morgan fingerprint density at radius 2 is 0.776 bits per heavy atom. The molecule has 0 aliphatic carbocycles. The minimum Gasteiger partial charge on any atom is -0.310 e. The van der Waals surface area contributed by atoms with Crippen molar-refractivity contribution < 1.29 is 4.39 Å². The maximum Gasteiger partial charge on any atom is 0.179 e. The van der Waals surface area contributed by atoms with Crippen molar-refractivity contribution in [3.63, 3.8) is 0 Å². The van der Waals surface area contributed by atoms with Gasteiger partial charge in [-0.2, -0.15) is 0 Å². The highest BCUT2D eigenvalue weighted by atomic mass is 28.3. The molecule has 10 aromatic rings. The third-order valence-electron chi connectivity index (χ3n) is 11.4. The molecule has 0 amide bonds. The molecule has 4 heteroatoms. The van der Waals surface area contributed by atoms with Crippen molar-refractivity contribution in [1.82, 2.24) is 4.57 Å². The lowest BCUT2D eigenvalue weighted by molar-refractivity contribution is 0.627. The predicted molar refractivity (Wildman–Crippen MR) is 244 cm³/mol. The molecule has 0 fully saturated rings. The lowest BCUT2D eigenvalue weighted by atomic mass is 10.0. The van der Waals surface area contributed by atoms with E-state index in [1.807, 2.05) is 12.1 Å². The van der Waals surface area contributed by atoms with Gasteiger partial charge in [0.15, 0.2) is 8.07 Å². The first-order chi connectivity index (χ1) is 28.7. The zero-order valence-corrected chi connectivity index (χ0v) is 32.8. The Morgan fingerprint density at radius 3 is 1.34 bits per heavy atom. The summed E-state index contributed by atoms with van der Waals surface area (Å²) in [5.41, 5.74) is 8.61. The SMILES string of the molecule is Fc1ccc(-n2c3ccccc3c3cc(N(c4ccccc4)c4ccc(-c5ccc([Si](c6ccccc6)(c6ccccc6)c6ccccc6)cc5)cc4)ccc32)cc1. The molecule has 0 aliphatic rings. The summed E-state index contributed by atoms with van der Waals surface area (Å²) >= 11 is 0. The van der Waals surface area contributed by atoms with Crippen LogP contribution in [0.1, 0.15) is 0 Å². The molecule has 0 N–H and O–H groups in total. The van der Waals surface area contributed by atoms with Gasteiger partial charge in [0.25, 0.3) is 0 Å². The number of rotatable bonds is 9. The van der Waals surface area contributed by atoms with Gasteiger partial charge in [-0.25, -0.2) is 4.39 Å². The number of para-hydroxylation sites is 2. The van der Waals surface area contributed by atoms with Crippen LogP contribution in [0.25, 0.3) is 38.6 Å². The van der Waals surface area contributed by atoms with Gasteiger partial charge in [-0.05, 0) is 105 Å². The average molecular weight is 763 g/mol. The molecular formula is C54H39FN2Si. The van der Waals surface area contributed by atoms with Crippen LogP contribution in [0.3, 0.4) is 0 Å². The van der Waals surface area contributed by atoms with Crippen LogP contribution in [0.2, 0.25) is 0 Å². The molecule has 1 heterocycles. The van der Waals surface area contributed by atoms with Crippen LogP contribution in [0.15, 0.2) is 237 Å².